The molecule has 32 heavy (non-hydrogen) atoms. The van der Waals surface area contributed by atoms with Crippen LogP contribution >= 0.6 is 0 Å². The van der Waals surface area contributed by atoms with Crippen molar-refractivity contribution >= 4 is 29.6 Å². The summed E-state index contributed by atoms with van der Waals surface area (Å²) in [5.41, 5.74) is -0.516. The van der Waals surface area contributed by atoms with Gasteiger partial charge in [0, 0.05) is 24.7 Å². The van der Waals surface area contributed by atoms with Gasteiger partial charge in [0.05, 0.1) is 17.2 Å². The molecule has 3 heterocycles. The summed E-state index contributed by atoms with van der Waals surface area (Å²) in [5.74, 6) is -0.392. The van der Waals surface area contributed by atoms with Crippen molar-refractivity contribution in [2.45, 2.75) is 84.2 Å². The van der Waals surface area contributed by atoms with E-state index in [0.29, 0.717) is 29.5 Å². The van der Waals surface area contributed by atoms with Crippen molar-refractivity contribution in [3.8, 4) is 0 Å². The zero-order valence-corrected chi connectivity index (χ0v) is 20.1. The fourth-order valence-corrected chi connectivity index (χ4v) is 4.07. The predicted molar refractivity (Wildman–Crippen MR) is 121 cm³/mol. The van der Waals surface area contributed by atoms with Gasteiger partial charge in [0.25, 0.3) is 0 Å². The Balaban J connectivity index is 1.49. The van der Waals surface area contributed by atoms with Gasteiger partial charge >= 0.3 is 13.2 Å². The van der Waals surface area contributed by atoms with Crippen LogP contribution in [-0.4, -0.2) is 57.8 Å². The van der Waals surface area contributed by atoms with Gasteiger partial charge in [-0.25, -0.2) is 9.18 Å². The molecule has 9 heteroatoms. The number of rotatable bonds is 2. The van der Waals surface area contributed by atoms with Crippen molar-refractivity contribution in [1.82, 2.24) is 14.7 Å². The molecule has 0 spiro atoms. The predicted octanol–water partition coefficient (Wildman–Crippen LogP) is 4.05. The van der Waals surface area contributed by atoms with Gasteiger partial charge in [0.1, 0.15) is 11.1 Å². The first-order valence-corrected chi connectivity index (χ1v) is 11.3. The van der Waals surface area contributed by atoms with Gasteiger partial charge in [-0.15, -0.1) is 0 Å². The molecule has 0 atom stereocenters. The minimum Gasteiger partial charge on any atom is -0.444 e. The fraction of sp³-hybridized carbons (Fsp3) is 0.652. The number of amides is 1. The summed E-state index contributed by atoms with van der Waals surface area (Å²) in [5, 5.41) is 5.23. The number of hydrogen-bond donors (Lipinski definition) is 0. The molecule has 0 unspecified atom stereocenters. The first-order valence-electron chi connectivity index (χ1n) is 11.3. The molecule has 2 aliphatic rings. The van der Waals surface area contributed by atoms with E-state index >= 15 is 0 Å². The third-order valence-electron chi connectivity index (χ3n) is 6.62. The Hall–Kier alpha value is -2.13. The number of benzene rings is 1. The quantitative estimate of drug-likeness (QED) is 0.653. The fourth-order valence-electron chi connectivity index (χ4n) is 4.07. The lowest BCUT2D eigenvalue weighted by Crippen LogP contribution is -2.42. The number of nitrogens with zero attached hydrogens (tertiary/aromatic N) is 3. The molecule has 1 aromatic carbocycles. The van der Waals surface area contributed by atoms with Crippen molar-refractivity contribution in [3.63, 3.8) is 0 Å². The number of piperidine rings is 1. The molecule has 0 bridgehead atoms. The number of carbonyl (C=O) groups is 1. The molecule has 2 aromatic rings. The van der Waals surface area contributed by atoms with Crippen LogP contribution in [0.25, 0.3) is 10.9 Å². The first-order chi connectivity index (χ1) is 14.8. The molecule has 0 aliphatic carbocycles. The molecule has 1 aromatic heterocycles. The molecule has 4 rings (SSSR count). The van der Waals surface area contributed by atoms with Crippen LogP contribution in [-0.2, 0) is 14.0 Å². The lowest BCUT2D eigenvalue weighted by molar-refractivity contribution is 0.00578. The van der Waals surface area contributed by atoms with Crippen LogP contribution in [0.2, 0.25) is 0 Å². The second-order valence-electron chi connectivity index (χ2n) is 10.8. The Morgan fingerprint density at radius 3 is 2.31 bits per heavy atom. The third kappa shape index (κ3) is 4.37. The highest BCUT2D eigenvalue weighted by molar-refractivity contribution is 6.62. The average Bonchev–Trinajstić information content (AvgIpc) is 3.19. The van der Waals surface area contributed by atoms with E-state index in [-0.39, 0.29) is 12.1 Å². The van der Waals surface area contributed by atoms with Crippen molar-refractivity contribution < 1.29 is 23.2 Å². The summed E-state index contributed by atoms with van der Waals surface area (Å²) in [6.45, 7) is 14.6. The van der Waals surface area contributed by atoms with Gasteiger partial charge in [-0.2, -0.15) is 5.10 Å². The second-order valence-corrected chi connectivity index (χ2v) is 10.8. The van der Waals surface area contributed by atoms with Crippen LogP contribution in [0, 0.1) is 5.82 Å². The number of aromatic nitrogens is 2. The zero-order valence-electron chi connectivity index (χ0n) is 20.1. The van der Waals surface area contributed by atoms with Crippen LogP contribution in [0.3, 0.4) is 0 Å². The van der Waals surface area contributed by atoms with E-state index < -0.39 is 29.7 Å². The number of hydrogen-bond acceptors (Lipinski definition) is 5. The number of carbonyl (C=O) groups excluding carboxylic acids is 1. The van der Waals surface area contributed by atoms with Crippen LogP contribution in [0.15, 0.2) is 18.3 Å². The minimum absolute atomic E-state index is 0.0979. The van der Waals surface area contributed by atoms with Gasteiger partial charge < -0.3 is 18.9 Å². The zero-order chi connectivity index (χ0) is 23.5. The second kappa shape index (κ2) is 7.73. The van der Waals surface area contributed by atoms with Crippen LogP contribution in [0.4, 0.5) is 9.18 Å². The highest BCUT2D eigenvalue weighted by atomic mass is 19.1. The molecule has 2 saturated heterocycles. The first kappa shape index (κ1) is 23.0. The van der Waals surface area contributed by atoms with Crippen LogP contribution < -0.4 is 5.46 Å². The average molecular weight is 445 g/mol. The Kier molecular flexibility index (Phi) is 5.57. The van der Waals surface area contributed by atoms with Crippen molar-refractivity contribution in [2.24, 2.45) is 0 Å². The maximum atomic E-state index is 14.9. The van der Waals surface area contributed by atoms with E-state index in [1.54, 1.807) is 4.90 Å². The van der Waals surface area contributed by atoms with Crippen molar-refractivity contribution in [2.75, 3.05) is 13.1 Å². The molecule has 174 valence electrons. The van der Waals surface area contributed by atoms with Gasteiger partial charge in [-0.1, -0.05) is 6.07 Å². The Labute approximate surface area is 189 Å². The molecule has 2 fully saturated rings. The van der Waals surface area contributed by atoms with Gasteiger partial charge in [-0.3, -0.25) is 4.68 Å². The summed E-state index contributed by atoms with van der Waals surface area (Å²) >= 11 is 0. The van der Waals surface area contributed by atoms with E-state index in [4.69, 9.17) is 14.0 Å². The maximum absolute atomic E-state index is 14.9. The normalized spacial score (nSPS) is 21.4. The van der Waals surface area contributed by atoms with E-state index in [9.17, 15) is 9.18 Å². The van der Waals surface area contributed by atoms with E-state index in [0.717, 1.165) is 12.8 Å². The lowest BCUT2D eigenvalue weighted by atomic mass is 9.78. The third-order valence-corrected chi connectivity index (χ3v) is 6.62. The smallest absolute Gasteiger partial charge is 0.444 e. The maximum Gasteiger partial charge on any atom is 0.494 e. The number of halogens is 1. The van der Waals surface area contributed by atoms with Gasteiger partial charge in [-0.05, 0) is 72.8 Å². The van der Waals surface area contributed by atoms with Gasteiger partial charge in [0.15, 0.2) is 5.82 Å². The highest BCUT2D eigenvalue weighted by Gasteiger charge is 2.51. The number of likely N-dealkylation sites (tertiary alicyclic amines) is 1. The largest absolute Gasteiger partial charge is 0.494 e. The minimum atomic E-state index is -0.626. The summed E-state index contributed by atoms with van der Waals surface area (Å²) in [7, 11) is -0.626. The number of fused-ring (bicyclic) bond motifs is 1. The standard InChI is InChI=1S/C23H33BFN3O4/c1-21(2,3)30-20(29)27-10-8-17(9-11-27)28-14-15-12-16(13-18(25)19(15)26-28)24-31-22(4,5)23(6,7)32-24/h12-14,17H,8-11H2,1-7H3. The Morgan fingerprint density at radius 2 is 1.75 bits per heavy atom. The molecule has 0 radical (unpaired) electrons. The summed E-state index contributed by atoms with van der Waals surface area (Å²) in [6.07, 6.45) is 3.05. The lowest BCUT2D eigenvalue weighted by Gasteiger charge is -2.33. The summed E-state index contributed by atoms with van der Waals surface area (Å²) < 4.78 is 34.4. The summed E-state index contributed by atoms with van der Waals surface area (Å²) in [6, 6.07) is 3.44. The molecular formula is C23H33BFN3O4. The molecule has 0 N–H and O–H groups in total. The number of ether oxygens (including phenoxy) is 1. The highest BCUT2D eigenvalue weighted by Crippen LogP contribution is 2.37. The van der Waals surface area contributed by atoms with Crippen LogP contribution in [0.5, 0.6) is 0 Å². The molecule has 1 amide bonds. The van der Waals surface area contributed by atoms with E-state index in [2.05, 4.69) is 5.10 Å². The van der Waals surface area contributed by atoms with Crippen LogP contribution in [0.1, 0.15) is 67.3 Å². The van der Waals surface area contributed by atoms with E-state index in [1.807, 2.05) is 65.4 Å². The van der Waals surface area contributed by atoms with E-state index in [1.165, 1.54) is 6.07 Å². The Morgan fingerprint density at radius 1 is 1.16 bits per heavy atom. The molecule has 0 saturated carbocycles. The molecule has 2 aliphatic heterocycles. The summed E-state index contributed by atoms with van der Waals surface area (Å²) in [4.78, 5) is 14.0. The topological polar surface area (TPSA) is 65.8 Å². The monoisotopic (exact) mass is 445 g/mol. The Bertz CT molecular complexity index is 1010. The molecule has 7 nitrogen and oxygen atoms in total. The SMILES string of the molecule is CC(C)(C)OC(=O)N1CCC(n2cc3cc(B4OC(C)(C)C(C)(C)O4)cc(F)c3n2)CC1. The van der Waals surface area contributed by atoms with Gasteiger partial charge in [0.2, 0.25) is 0 Å². The molecular weight excluding hydrogens is 412 g/mol. The van der Waals surface area contributed by atoms with Crippen molar-refractivity contribution in [1.29, 1.82) is 0 Å². The van der Waals surface area contributed by atoms with Crippen molar-refractivity contribution in [3.05, 3.63) is 24.1 Å².